The van der Waals surface area contributed by atoms with E-state index in [1.807, 2.05) is 24.3 Å². The molecule has 3 aromatic carbocycles. The van der Waals surface area contributed by atoms with Crippen molar-refractivity contribution in [3.05, 3.63) is 77.2 Å². The number of benzene rings is 3. The van der Waals surface area contributed by atoms with Crippen molar-refractivity contribution >= 4 is 27.2 Å². The molecule has 188 valence electrons. The van der Waals surface area contributed by atoms with E-state index >= 15 is 0 Å². The molecule has 6 nitrogen and oxygen atoms in total. The van der Waals surface area contributed by atoms with Gasteiger partial charge >= 0.3 is 0 Å². The monoisotopic (exact) mass is 509 g/mol. The van der Waals surface area contributed by atoms with Gasteiger partial charge in [-0.2, -0.15) is 0 Å². The first-order chi connectivity index (χ1) is 17.6. The standard InChI is InChI=1S/C27H25NO5S.CH3F/c29-19-5-3-18(4-6-19)25(31)27-26(23-12-7-20(30)17-24(23)34-27)33-22-10-8-21(9-11-22)32-16-15-28-13-1-2-14-28;1-2/h3-12,17,29-30H,1-2,13-16H2;1H3. The molecule has 0 unspecified atom stereocenters. The Labute approximate surface area is 213 Å². The van der Waals surface area contributed by atoms with Crippen LogP contribution in [-0.2, 0) is 0 Å². The summed E-state index contributed by atoms with van der Waals surface area (Å²) in [5, 5.41) is 20.2. The number of rotatable bonds is 8. The quantitative estimate of drug-likeness (QED) is 0.268. The Morgan fingerprint density at radius 3 is 2.25 bits per heavy atom. The van der Waals surface area contributed by atoms with Gasteiger partial charge in [-0.1, -0.05) is 0 Å². The number of carbonyl (C=O) groups is 1. The minimum absolute atomic E-state index is 0.0945. The number of phenolic OH excluding ortho intramolecular Hbond substituents is 2. The van der Waals surface area contributed by atoms with Gasteiger partial charge in [-0.25, -0.2) is 0 Å². The largest absolute Gasteiger partial charge is 0.508 e. The third-order valence-corrected chi connectivity index (χ3v) is 7.01. The Kier molecular flexibility index (Phi) is 8.40. The van der Waals surface area contributed by atoms with Gasteiger partial charge in [0.15, 0.2) is 5.75 Å². The zero-order valence-electron chi connectivity index (χ0n) is 19.9. The maximum Gasteiger partial charge on any atom is 0.206 e. The Morgan fingerprint density at radius 1 is 0.917 bits per heavy atom. The number of phenols is 2. The molecule has 1 aliphatic rings. The van der Waals surface area contributed by atoms with Crippen molar-refractivity contribution in [3.8, 4) is 28.7 Å². The molecule has 0 atom stereocenters. The summed E-state index contributed by atoms with van der Waals surface area (Å²) in [5.41, 5.74) is 0.445. The Bertz CT molecular complexity index is 1300. The van der Waals surface area contributed by atoms with Crippen molar-refractivity contribution in [1.82, 2.24) is 4.90 Å². The fourth-order valence-electron chi connectivity index (χ4n) is 4.08. The van der Waals surface area contributed by atoms with E-state index in [0.717, 1.165) is 35.5 Å². The number of alkyl halides is 1. The van der Waals surface area contributed by atoms with Crippen LogP contribution in [0.2, 0.25) is 0 Å². The molecule has 0 spiro atoms. The molecular formula is C28H28FNO5S. The lowest BCUT2D eigenvalue weighted by molar-refractivity contribution is 0.104. The number of ketones is 1. The number of hydrogen-bond acceptors (Lipinski definition) is 7. The molecule has 4 aromatic rings. The summed E-state index contributed by atoms with van der Waals surface area (Å²) in [6.45, 7) is 3.86. The van der Waals surface area contributed by atoms with E-state index in [4.69, 9.17) is 9.47 Å². The number of thiophene rings is 1. The molecule has 0 aliphatic carbocycles. The lowest BCUT2D eigenvalue weighted by Crippen LogP contribution is -2.25. The lowest BCUT2D eigenvalue weighted by atomic mass is 10.1. The number of halogens is 1. The summed E-state index contributed by atoms with van der Waals surface area (Å²) in [6, 6.07) is 18.4. The van der Waals surface area contributed by atoms with Crippen LogP contribution in [0.4, 0.5) is 4.39 Å². The second kappa shape index (κ2) is 11.9. The van der Waals surface area contributed by atoms with Gasteiger partial charge in [-0.15, -0.1) is 11.3 Å². The number of carbonyl (C=O) groups excluding carboxylic acids is 1. The van der Waals surface area contributed by atoms with Crippen LogP contribution in [0.5, 0.6) is 28.7 Å². The zero-order valence-corrected chi connectivity index (χ0v) is 20.8. The Balaban J connectivity index is 0.00000148. The third kappa shape index (κ3) is 5.95. The topological polar surface area (TPSA) is 79.2 Å². The number of likely N-dealkylation sites (tertiary alicyclic amines) is 1. The van der Waals surface area contributed by atoms with E-state index < -0.39 is 0 Å². The second-order valence-corrected chi connectivity index (χ2v) is 9.34. The van der Waals surface area contributed by atoms with E-state index in [9.17, 15) is 19.4 Å². The smallest absolute Gasteiger partial charge is 0.206 e. The van der Waals surface area contributed by atoms with Gasteiger partial charge in [0.25, 0.3) is 0 Å². The molecule has 36 heavy (non-hydrogen) atoms. The van der Waals surface area contributed by atoms with E-state index in [0.29, 0.717) is 35.7 Å². The van der Waals surface area contributed by atoms with Crippen LogP contribution >= 0.6 is 11.3 Å². The van der Waals surface area contributed by atoms with Crippen molar-refractivity contribution < 1.29 is 28.9 Å². The summed E-state index contributed by atoms with van der Waals surface area (Å²) in [5.74, 6) is 1.81. The predicted octanol–water partition coefficient (Wildman–Crippen LogP) is 6.40. The van der Waals surface area contributed by atoms with Gasteiger partial charge < -0.3 is 19.7 Å². The average molecular weight is 510 g/mol. The highest BCUT2D eigenvalue weighted by Crippen LogP contribution is 2.42. The summed E-state index contributed by atoms with van der Waals surface area (Å²) in [7, 11) is 0.500. The summed E-state index contributed by atoms with van der Waals surface area (Å²) < 4.78 is 22.3. The zero-order chi connectivity index (χ0) is 25.5. The average Bonchev–Trinajstić information content (AvgIpc) is 3.54. The van der Waals surface area contributed by atoms with Crippen LogP contribution < -0.4 is 9.47 Å². The molecule has 8 heteroatoms. The Hall–Kier alpha value is -3.62. The van der Waals surface area contributed by atoms with Crippen molar-refractivity contribution in [2.75, 3.05) is 33.4 Å². The molecule has 1 aliphatic heterocycles. The van der Waals surface area contributed by atoms with Gasteiger partial charge in [-0.3, -0.25) is 14.1 Å². The first kappa shape index (κ1) is 25.5. The number of fused-ring (bicyclic) bond motifs is 1. The van der Waals surface area contributed by atoms with Crippen LogP contribution in [0.1, 0.15) is 28.1 Å². The van der Waals surface area contributed by atoms with Gasteiger partial charge in [0.05, 0.1) is 7.18 Å². The van der Waals surface area contributed by atoms with E-state index in [1.165, 1.54) is 36.3 Å². The van der Waals surface area contributed by atoms with Gasteiger partial charge in [-0.05, 0) is 92.7 Å². The number of hydrogen-bond donors (Lipinski definition) is 2. The molecule has 1 saturated heterocycles. The highest BCUT2D eigenvalue weighted by molar-refractivity contribution is 7.21. The first-order valence-electron chi connectivity index (χ1n) is 11.7. The summed E-state index contributed by atoms with van der Waals surface area (Å²) >= 11 is 1.26. The molecule has 2 N–H and O–H groups in total. The van der Waals surface area contributed by atoms with Crippen molar-refractivity contribution in [2.24, 2.45) is 0 Å². The molecule has 0 bridgehead atoms. The van der Waals surface area contributed by atoms with Crippen LogP contribution in [-0.4, -0.2) is 54.3 Å². The van der Waals surface area contributed by atoms with Gasteiger partial charge in [0.1, 0.15) is 34.5 Å². The van der Waals surface area contributed by atoms with Crippen molar-refractivity contribution in [2.45, 2.75) is 12.8 Å². The molecule has 0 saturated carbocycles. The van der Waals surface area contributed by atoms with Gasteiger partial charge in [0, 0.05) is 22.2 Å². The van der Waals surface area contributed by atoms with Crippen LogP contribution in [0.3, 0.4) is 0 Å². The highest BCUT2D eigenvalue weighted by Gasteiger charge is 2.22. The molecule has 1 fully saturated rings. The molecule has 5 rings (SSSR count). The maximum atomic E-state index is 13.3. The minimum Gasteiger partial charge on any atom is -0.508 e. The van der Waals surface area contributed by atoms with Crippen LogP contribution in [0, 0.1) is 0 Å². The molecule has 0 amide bonds. The van der Waals surface area contributed by atoms with Crippen LogP contribution in [0.15, 0.2) is 66.7 Å². The lowest BCUT2D eigenvalue weighted by Gasteiger charge is -2.15. The third-order valence-electron chi connectivity index (χ3n) is 5.88. The highest BCUT2D eigenvalue weighted by atomic mass is 32.1. The maximum absolute atomic E-state index is 13.3. The minimum atomic E-state index is -0.211. The van der Waals surface area contributed by atoms with Crippen LogP contribution in [0.25, 0.3) is 10.1 Å². The van der Waals surface area contributed by atoms with E-state index in [-0.39, 0.29) is 17.3 Å². The molecular weight excluding hydrogens is 481 g/mol. The SMILES string of the molecule is CF.O=C(c1ccc(O)cc1)c1sc2cc(O)ccc2c1Oc1ccc(OCCN2CCCC2)cc1. The molecule has 1 aromatic heterocycles. The summed E-state index contributed by atoms with van der Waals surface area (Å²) in [4.78, 5) is 16.1. The second-order valence-electron chi connectivity index (χ2n) is 8.29. The molecule has 2 heterocycles. The Morgan fingerprint density at radius 2 is 1.56 bits per heavy atom. The number of nitrogens with zero attached hydrogens (tertiary/aromatic N) is 1. The predicted molar refractivity (Wildman–Crippen MR) is 140 cm³/mol. The van der Waals surface area contributed by atoms with E-state index in [1.54, 1.807) is 30.3 Å². The fourth-order valence-corrected chi connectivity index (χ4v) is 5.20. The van der Waals surface area contributed by atoms with Gasteiger partial charge in [0.2, 0.25) is 5.78 Å². The van der Waals surface area contributed by atoms with E-state index in [2.05, 4.69) is 4.90 Å². The first-order valence-corrected chi connectivity index (χ1v) is 12.5. The van der Waals surface area contributed by atoms with Crippen molar-refractivity contribution in [1.29, 1.82) is 0 Å². The molecule has 0 radical (unpaired) electrons. The fraction of sp³-hybridized carbons (Fsp3) is 0.250. The van der Waals surface area contributed by atoms with Crippen molar-refractivity contribution in [3.63, 3.8) is 0 Å². The summed E-state index contributed by atoms with van der Waals surface area (Å²) in [6.07, 6.45) is 2.53. The normalized spacial score (nSPS) is 13.3. The number of ether oxygens (including phenoxy) is 2. The number of aromatic hydroxyl groups is 2.